The summed E-state index contributed by atoms with van der Waals surface area (Å²) in [5.74, 6) is -0.307. The first kappa shape index (κ1) is 17.9. The van der Waals surface area contributed by atoms with E-state index in [2.05, 4.69) is 15.3 Å². The lowest BCUT2D eigenvalue weighted by Gasteiger charge is -2.07. The van der Waals surface area contributed by atoms with Crippen LogP contribution in [0.5, 0.6) is 0 Å². The molecule has 0 aliphatic carbocycles. The molecule has 0 aliphatic rings. The van der Waals surface area contributed by atoms with Gasteiger partial charge < -0.3 is 10.3 Å². The van der Waals surface area contributed by atoms with Crippen LogP contribution in [-0.2, 0) is 11.2 Å². The average molecular weight is 373 g/mol. The molecule has 2 heterocycles. The summed E-state index contributed by atoms with van der Waals surface area (Å²) >= 11 is 0. The van der Waals surface area contributed by atoms with Crippen LogP contribution in [0.3, 0.4) is 0 Å². The number of amides is 1. The number of para-hydroxylation sites is 1. The Kier molecular flexibility index (Phi) is 5.15. The van der Waals surface area contributed by atoms with Gasteiger partial charge in [-0.05, 0) is 60.9 Å². The zero-order valence-corrected chi connectivity index (χ0v) is 15.3. The highest BCUT2D eigenvalue weighted by Gasteiger charge is 2.15. The number of anilines is 1. The summed E-state index contributed by atoms with van der Waals surface area (Å²) in [7, 11) is 0. The first-order chi connectivity index (χ1) is 13.7. The minimum atomic E-state index is -0.276. The molecule has 2 aromatic heterocycles. The van der Waals surface area contributed by atoms with Crippen molar-refractivity contribution in [2.75, 3.05) is 5.32 Å². The highest BCUT2D eigenvalue weighted by atomic mass is 19.1. The van der Waals surface area contributed by atoms with Gasteiger partial charge in [-0.3, -0.25) is 9.78 Å². The number of nitrogens with one attached hydrogen (secondary N) is 2. The Morgan fingerprint density at radius 2 is 1.86 bits per heavy atom. The number of nitrogens with zero attached hydrogens (tertiary/aromatic N) is 1. The maximum absolute atomic E-state index is 13.8. The molecule has 4 nitrogen and oxygen atoms in total. The van der Waals surface area contributed by atoms with Crippen molar-refractivity contribution in [2.24, 2.45) is 0 Å². The van der Waals surface area contributed by atoms with Gasteiger partial charge in [0.05, 0.1) is 11.4 Å². The zero-order valence-electron chi connectivity index (χ0n) is 15.3. The van der Waals surface area contributed by atoms with Crippen LogP contribution in [0.1, 0.15) is 18.4 Å². The third-order valence-corrected chi connectivity index (χ3v) is 4.68. The second-order valence-corrected chi connectivity index (χ2v) is 6.65. The number of halogens is 1. The summed E-state index contributed by atoms with van der Waals surface area (Å²) in [4.78, 5) is 20.0. The molecule has 4 rings (SSSR count). The third-order valence-electron chi connectivity index (χ3n) is 4.68. The van der Waals surface area contributed by atoms with Gasteiger partial charge in [-0.1, -0.05) is 24.3 Å². The Morgan fingerprint density at radius 1 is 1.04 bits per heavy atom. The largest absolute Gasteiger partial charge is 0.353 e. The number of aromatic nitrogens is 2. The van der Waals surface area contributed by atoms with Crippen molar-refractivity contribution >= 4 is 22.5 Å². The number of pyridine rings is 1. The lowest BCUT2D eigenvalue weighted by atomic mass is 10.0. The standard InChI is InChI=1S/C23H20FN3O/c24-16-12-13-20-19(15-16)18(23(27-20)21-10-4-5-14-25-21)9-6-11-22(28)26-17-7-2-1-3-8-17/h1-5,7-8,10,12-15,27H,6,9,11H2,(H,26,28). The van der Waals surface area contributed by atoms with Crippen molar-refractivity contribution < 1.29 is 9.18 Å². The van der Waals surface area contributed by atoms with Crippen molar-refractivity contribution in [3.63, 3.8) is 0 Å². The van der Waals surface area contributed by atoms with Gasteiger partial charge in [-0.15, -0.1) is 0 Å². The molecule has 0 fully saturated rings. The molecule has 4 aromatic rings. The fraction of sp³-hybridized carbons (Fsp3) is 0.130. The van der Waals surface area contributed by atoms with E-state index in [-0.39, 0.29) is 11.7 Å². The molecule has 0 bridgehead atoms. The van der Waals surface area contributed by atoms with Gasteiger partial charge in [0.25, 0.3) is 0 Å². The van der Waals surface area contributed by atoms with Crippen molar-refractivity contribution in [1.29, 1.82) is 0 Å². The first-order valence-electron chi connectivity index (χ1n) is 9.27. The van der Waals surface area contributed by atoms with E-state index in [1.807, 2.05) is 48.5 Å². The highest BCUT2D eigenvalue weighted by Crippen LogP contribution is 2.31. The number of aromatic amines is 1. The number of H-pyrrole nitrogens is 1. The van der Waals surface area contributed by atoms with E-state index >= 15 is 0 Å². The first-order valence-corrected chi connectivity index (χ1v) is 9.27. The van der Waals surface area contributed by atoms with Crippen molar-refractivity contribution in [3.8, 4) is 11.4 Å². The summed E-state index contributed by atoms with van der Waals surface area (Å²) in [6.45, 7) is 0. The fourth-order valence-corrected chi connectivity index (χ4v) is 3.38. The van der Waals surface area contributed by atoms with Gasteiger partial charge in [-0.25, -0.2) is 4.39 Å². The SMILES string of the molecule is O=C(CCCc1c(-c2ccccn2)[nH]c2ccc(F)cc12)Nc1ccccc1. The molecule has 0 atom stereocenters. The van der Waals surface area contributed by atoms with E-state index in [4.69, 9.17) is 0 Å². The average Bonchev–Trinajstić information content (AvgIpc) is 3.07. The van der Waals surface area contributed by atoms with Gasteiger partial charge in [0.2, 0.25) is 5.91 Å². The molecule has 1 amide bonds. The van der Waals surface area contributed by atoms with E-state index in [0.717, 1.165) is 33.5 Å². The van der Waals surface area contributed by atoms with Gasteiger partial charge in [0, 0.05) is 29.2 Å². The lowest BCUT2D eigenvalue weighted by molar-refractivity contribution is -0.116. The Hall–Kier alpha value is -3.47. The maximum atomic E-state index is 13.8. The quantitative estimate of drug-likeness (QED) is 0.480. The Labute approximate surface area is 162 Å². The topological polar surface area (TPSA) is 57.8 Å². The number of hydrogen-bond donors (Lipinski definition) is 2. The fourth-order valence-electron chi connectivity index (χ4n) is 3.38. The predicted octanol–water partition coefficient (Wildman–Crippen LogP) is 5.33. The molecule has 28 heavy (non-hydrogen) atoms. The second kappa shape index (κ2) is 8.05. The van der Waals surface area contributed by atoms with Crippen LogP contribution in [0.2, 0.25) is 0 Å². The number of hydrogen-bond acceptors (Lipinski definition) is 2. The summed E-state index contributed by atoms with van der Waals surface area (Å²) in [6, 6.07) is 19.8. The Balaban J connectivity index is 1.54. The monoisotopic (exact) mass is 373 g/mol. The molecule has 0 saturated carbocycles. The number of carbonyl (C=O) groups is 1. The van der Waals surface area contributed by atoms with Crippen molar-refractivity contribution in [2.45, 2.75) is 19.3 Å². The summed E-state index contributed by atoms with van der Waals surface area (Å²) in [5, 5.41) is 3.73. The van der Waals surface area contributed by atoms with Gasteiger partial charge >= 0.3 is 0 Å². The number of fused-ring (bicyclic) bond motifs is 1. The van der Waals surface area contributed by atoms with Crippen LogP contribution in [0.15, 0.2) is 72.9 Å². The Bertz CT molecular complexity index is 1090. The normalized spacial score (nSPS) is 10.9. The predicted molar refractivity (Wildman–Crippen MR) is 109 cm³/mol. The molecule has 5 heteroatoms. The van der Waals surface area contributed by atoms with E-state index in [0.29, 0.717) is 19.3 Å². The summed E-state index contributed by atoms with van der Waals surface area (Å²) in [6.07, 6.45) is 3.43. The summed E-state index contributed by atoms with van der Waals surface area (Å²) < 4.78 is 13.8. The number of rotatable bonds is 6. The van der Waals surface area contributed by atoms with Crippen LogP contribution in [0.4, 0.5) is 10.1 Å². The molecule has 0 aliphatic heterocycles. The van der Waals surface area contributed by atoms with E-state index in [9.17, 15) is 9.18 Å². The number of carbonyl (C=O) groups excluding carboxylic acids is 1. The highest BCUT2D eigenvalue weighted by molar-refractivity contribution is 5.91. The molecular formula is C23H20FN3O. The van der Waals surface area contributed by atoms with Crippen LogP contribution < -0.4 is 5.32 Å². The minimum Gasteiger partial charge on any atom is -0.353 e. The van der Waals surface area contributed by atoms with E-state index in [1.54, 1.807) is 12.3 Å². The lowest BCUT2D eigenvalue weighted by Crippen LogP contribution is -2.11. The maximum Gasteiger partial charge on any atom is 0.224 e. The van der Waals surface area contributed by atoms with Crippen molar-refractivity contribution in [3.05, 3.63) is 84.3 Å². The molecule has 140 valence electrons. The smallest absolute Gasteiger partial charge is 0.224 e. The van der Waals surface area contributed by atoms with Crippen molar-refractivity contribution in [1.82, 2.24) is 9.97 Å². The molecule has 2 N–H and O–H groups in total. The second-order valence-electron chi connectivity index (χ2n) is 6.65. The minimum absolute atomic E-state index is 0.0309. The molecule has 0 saturated heterocycles. The summed E-state index contributed by atoms with van der Waals surface area (Å²) in [5.41, 5.74) is 4.33. The molecule has 0 radical (unpaired) electrons. The molecule has 2 aromatic carbocycles. The van der Waals surface area contributed by atoms with Gasteiger partial charge in [-0.2, -0.15) is 0 Å². The number of aryl methyl sites for hydroxylation is 1. The van der Waals surface area contributed by atoms with E-state index < -0.39 is 0 Å². The Morgan fingerprint density at radius 3 is 2.64 bits per heavy atom. The van der Waals surface area contributed by atoms with Gasteiger partial charge in [0.1, 0.15) is 5.82 Å². The van der Waals surface area contributed by atoms with Gasteiger partial charge in [0.15, 0.2) is 0 Å². The van der Waals surface area contributed by atoms with Crippen LogP contribution in [0.25, 0.3) is 22.3 Å². The molecule has 0 spiro atoms. The third kappa shape index (κ3) is 3.93. The molecular weight excluding hydrogens is 353 g/mol. The van der Waals surface area contributed by atoms with Crippen LogP contribution in [-0.4, -0.2) is 15.9 Å². The van der Waals surface area contributed by atoms with Crippen LogP contribution in [0, 0.1) is 5.82 Å². The zero-order chi connectivity index (χ0) is 19.3. The van der Waals surface area contributed by atoms with E-state index in [1.165, 1.54) is 12.1 Å². The molecule has 0 unspecified atom stereocenters. The number of benzene rings is 2. The van der Waals surface area contributed by atoms with Crippen LogP contribution >= 0.6 is 0 Å².